The van der Waals surface area contributed by atoms with Gasteiger partial charge in [-0.25, -0.2) is 4.79 Å². The summed E-state index contributed by atoms with van der Waals surface area (Å²) in [7, 11) is 1.30. The molecule has 6 nitrogen and oxygen atoms in total. The van der Waals surface area contributed by atoms with Crippen LogP contribution in [-0.2, 0) is 9.53 Å². The topological polar surface area (TPSA) is 95.9 Å². The molecule has 0 aliphatic rings. The zero-order valence-corrected chi connectivity index (χ0v) is 12.4. The summed E-state index contributed by atoms with van der Waals surface area (Å²) in [6.45, 7) is 3.41. The SMILES string of the molecule is COC(=O)c1ccc(C(O)C(O)CCNC(C)=O)c(C)c1. The number of esters is 1. The Hall–Kier alpha value is -1.92. The number of aliphatic hydroxyl groups excluding tert-OH is 2. The van der Waals surface area contributed by atoms with Gasteiger partial charge >= 0.3 is 5.97 Å². The molecule has 0 saturated heterocycles. The Bertz CT molecular complexity index is 515. The number of carbonyl (C=O) groups excluding carboxylic acids is 2. The van der Waals surface area contributed by atoms with Gasteiger partial charge in [-0.15, -0.1) is 0 Å². The number of methoxy groups -OCH3 is 1. The van der Waals surface area contributed by atoms with E-state index in [2.05, 4.69) is 10.1 Å². The molecule has 0 fully saturated rings. The van der Waals surface area contributed by atoms with E-state index in [-0.39, 0.29) is 18.9 Å². The van der Waals surface area contributed by atoms with Crippen LogP contribution in [0.2, 0.25) is 0 Å². The van der Waals surface area contributed by atoms with E-state index < -0.39 is 18.2 Å². The van der Waals surface area contributed by atoms with Crippen molar-refractivity contribution in [3.05, 3.63) is 34.9 Å². The van der Waals surface area contributed by atoms with Gasteiger partial charge in [-0.2, -0.15) is 0 Å². The van der Waals surface area contributed by atoms with Crippen LogP contribution in [0.15, 0.2) is 18.2 Å². The van der Waals surface area contributed by atoms with Gasteiger partial charge in [-0.05, 0) is 36.6 Å². The number of hydrogen-bond acceptors (Lipinski definition) is 5. The third kappa shape index (κ3) is 4.84. The van der Waals surface area contributed by atoms with Crippen molar-refractivity contribution in [3.8, 4) is 0 Å². The lowest BCUT2D eigenvalue weighted by atomic mass is 9.96. The normalized spacial score (nSPS) is 13.4. The smallest absolute Gasteiger partial charge is 0.337 e. The molecule has 1 aromatic carbocycles. The van der Waals surface area contributed by atoms with E-state index in [1.807, 2.05) is 0 Å². The van der Waals surface area contributed by atoms with E-state index in [4.69, 9.17) is 0 Å². The van der Waals surface area contributed by atoms with Gasteiger partial charge in [0.1, 0.15) is 6.10 Å². The predicted molar refractivity (Wildman–Crippen MR) is 76.8 cm³/mol. The number of amides is 1. The largest absolute Gasteiger partial charge is 0.465 e. The first-order valence-electron chi connectivity index (χ1n) is 6.66. The van der Waals surface area contributed by atoms with Crippen LogP contribution in [-0.4, -0.2) is 41.8 Å². The fraction of sp³-hybridized carbons (Fsp3) is 0.467. The molecule has 6 heteroatoms. The maximum absolute atomic E-state index is 11.4. The standard InChI is InChI=1S/C15H21NO5/c1-9-8-11(15(20)21-3)4-5-12(9)14(19)13(18)6-7-16-10(2)17/h4-5,8,13-14,18-19H,6-7H2,1-3H3,(H,16,17). The van der Waals surface area contributed by atoms with Gasteiger partial charge in [-0.1, -0.05) is 6.07 Å². The van der Waals surface area contributed by atoms with Crippen LogP contribution in [0.25, 0.3) is 0 Å². The number of aliphatic hydroxyl groups is 2. The fourth-order valence-electron chi connectivity index (χ4n) is 2.01. The molecule has 1 rings (SSSR count). The van der Waals surface area contributed by atoms with E-state index in [1.54, 1.807) is 19.1 Å². The quantitative estimate of drug-likeness (QED) is 0.671. The molecule has 3 N–H and O–H groups in total. The monoisotopic (exact) mass is 295 g/mol. The Balaban J connectivity index is 2.75. The molecular weight excluding hydrogens is 274 g/mol. The molecule has 2 atom stereocenters. The van der Waals surface area contributed by atoms with Gasteiger partial charge in [0.25, 0.3) is 0 Å². The summed E-state index contributed by atoms with van der Waals surface area (Å²) in [5.74, 6) is -0.638. The van der Waals surface area contributed by atoms with Gasteiger partial charge < -0.3 is 20.3 Å². The zero-order valence-electron chi connectivity index (χ0n) is 12.4. The molecule has 1 amide bonds. The van der Waals surface area contributed by atoms with Crippen LogP contribution in [0.3, 0.4) is 0 Å². The van der Waals surface area contributed by atoms with E-state index in [0.717, 1.165) is 0 Å². The molecule has 0 spiro atoms. The summed E-state index contributed by atoms with van der Waals surface area (Å²) in [6, 6.07) is 4.73. The molecule has 0 heterocycles. The summed E-state index contributed by atoms with van der Waals surface area (Å²) in [5.41, 5.74) is 1.61. The van der Waals surface area contributed by atoms with Crippen LogP contribution >= 0.6 is 0 Å². The van der Waals surface area contributed by atoms with E-state index in [1.165, 1.54) is 20.1 Å². The summed E-state index contributed by atoms with van der Waals surface area (Å²) in [5, 5.41) is 22.6. The molecule has 2 unspecified atom stereocenters. The van der Waals surface area contributed by atoms with Crippen molar-refractivity contribution in [3.63, 3.8) is 0 Å². The highest BCUT2D eigenvalue weighted by atomic mass is 16.5. The lowest BCUT2D eigenvalue weighted by Gasteiger charge is -2.20. The molecule has 1 aromatic rings. The highest BCUT2D eigenvalue weighted by molar-refractivity contribution is 5.89. The van der Waals surface area contributed by atoms with E-state index in [9.17, 15) is 19.8 Å². The highest BCUT2D eigenvalue weighted by Crippen LogP contribution is 2.23. The molecule has 0 bridgehead atoms. The number of rotatable bonds is 6. The maximum atomic E-state index is 11.4. The van der Waals surface area contributed by atoms with Gasteiger partial charge in [0.2, 0.25) is 5.91 Å². The molecule has 116 valence electrons. The average molecular weight is 295 g/mol. The van der Waals surface area contributed by atoms with E-state index in [0.29, 0.717) is 16.7 Å². The zero-order chi connectivity index (χ0) is 16.0. The maximum Gasteiger partial charge on any atom is 0.337 e. The van der Waals surface area contributed by atoms with Gasteiger partial charge in [-0.3, -0.25) is 4.79 Å². The molecule has 0 aromatic heterocycles. The van der Waals surface area contributed by atoms with Crippen LogP contribution < -0.4 is 5.32 Å². The molecule has 0 aliphatic heterocycles. The third-order valence-corrected chi connectivity index (χ3v) is 3.19. The van der Waals surface area contributed by atoms with E-state index >= 15 is 0 Å². The number of carbonyl (C=O) groups is 2. The Kier molecular flexibility index (Phi) is 6.33. The first kappa shape index (κ1) is 17.1. The fourth-order valence-corrected chi connectivity index (χ4v) is 2.01. The van der Waals surface area contributed by atoms with Crippen molar-refractivity contribution >= 4 is 11.9 Å². The third-order valence-electron chi connectivity index (χ3n) is 3.19. The minimum Gasteiger partial charge on any atom is -0.465 e. The van der Waals surface area contributed by atoms with Crippen molar-refractivity contribution in [2.45, 2.75) is 32.5 Å². The van der Waals surface area contributed by atoms with Gasteiger partial charge in [0.15, 0.2) is 0 Å². The second-order valence-electron chi connectivity index (χ2n) is 4.85. The summed E-state index contributed by atoms with van der Waals surface area (Å²) in [4.78, 5) is 22.2. The van der Waals surface area contributed by atoms with Crippen molar-refractivity contribution in [1.82, 2.24) is 5.32 Å². The van der Waals surface area contributed by atoms with Crippen LogP contribution in [0.1, 0.15) is 40.9 Å². The number of aryl methyl sites for hydroxylation is 1. The second kappa shape index (κ2) is 7.75. The minimum atomic E-state index is -1.08. The molecule has 0 radical (unpaired) electrons. The lowest BCUT2D eigenvalue weighted by Crippen LogP contribution is -2.28. The molecular formula is C15H21NO5. The summed E-state index contributed by atoms with van der Waals surface area (Å²) in [6.07, 6.45) is -1.84. The second-order valence-corrected chi connectivity index (χ2v) is 4.85. The lowest BCUT2D eigenvalue weighted by molar-refractivity contribution is -0.119. The Morgan fingerprint density at radius 3 is 2.52 bits per heavy atom. The minimum absolute atomic E-state index is 0.185. The van der Waals surface area contributed by atoms with Crippen molar-refractivity contribution in [1.29, 1.82) is 0 Å². The molecule has 21 heavy (non-hydrogen) atoms. The summed E-state index contributed by atoms with van der Waals surface area (Å²) < 4.78 is 4.62. The Morgan fingerprint density at radius 2 is 2.00 bits per heavy atom. The Labute approximate surface area is 123 Å². The first-order valence-corrected chi connectivity index (χ1v) is 6.66. The summed E-state index contributed by atoms with van der Waals surface area (Å²) >= 11 is 0. The van der Waals surface area contributed by atoms with Crippen LogP contribution in [0.5, 0.6) is 0 Å². The number of hydrogen-bond donors (Lipinski definition) is 3. The molecule has 0 aliphatic carbocycles. The van der Waals surface area contributed by atoms with Crippen LogP contribution in [0.4, 0.5) is 0 Å². The number of nitrogens with one attached hydrogen (secondary N) is 1. The van der Waals surface area contributed by atoms with Crippen molar-refractivity contribution < 1.29 is 24.5 Å². The Morgan fingerprint density at radius 1 is 1.33 bits per heavy atom. The van der Waals surface area contributed by atoms with Gasteiger partial charge in [0, 0.05) is 13.5 Å². The van der Waals surface area contributed by atoms with Gasteiger partial charge in [0.05, 0.1) is 18.8 Å². The number of ether oxygens (including phenoxy) is 1. The van der Waals surface area contributed by atoms with Crippen molar-refractivity contribution in [2.24, 2.45) is 0 Å². The average Bonchev–Trinajstić information content (AvgIpc) is 2.45. The highest BCUT2D eigenvalue weighted by Gasteiger charge is 2.20. The van der Waals surface area contributed by atoms with Crippen LogP contribution in [0, 0.1) is 6.92 Å². The number of benzene rings is 1. The predicted octanol–water partition coefficient (Wildman–Crippen LogP) is 0.702. The first-order chi connectivity index (χ1) is 9.86. The van der Waals surface area contributed by atoms with Crippen molar-refractivity contribution in [2.75, 3.05) is 13.7 Å². The molecule has 0 saturated carbocycles.